The maximum absolute atomic E-state index is 12.6. The number of carbonyl (C=O) groups excluding carboxylic acids is 1. The van der Waals surface area contributed by atoms with Gasteiger partial charge in [0.15, 0.2) is 0 Å². The van der Waals surface area contributed by atoms with E-state index in [1.165, 1.54) is 0 Å². The molecule has 0 heterocycles. The van der Waals surface area contributed by atoms with E-state index in [4.69, 9.17) is 0 Å². The van der Waals surface area contributed by atoms with Crippen LogP contribution in [0.25, 0.3) is 0 Å². The number of nitrogens with one attached hydrogen (secondary N) is 1. The molecule has 0 aliphatic rings. The zero-order chi connectivity index (χ0) is 21.2. The largest absolute Gasteiger partial charge is 0.481 e. The molecule has 27 heavy (non-hydrogen) atoms. The van der Waals surface area contributed by atoms with Gasteiger partial charge in [-0.05, 0) is 35.1 Å². The molecule has 1 amide bonds. The van der Waals surface area contributed by atoms with Gasteiger partial charge in [-0.15, -0.1) is 0 Å². The summed E-state index contributed by atoms with van der Waals surface area (Å²) in [6.07, 6.45) is 0. The van der Waals surface area contributed by atoms with Gasteiger partial charge in [-0.1, -0.05) is 57.5 Å². The Labute approximate surface area is 168 Å². The molecule has 0 radical (unpaired) electrons. The molecular formula is C20H28BrNO5. The fraction of sp³-hybridized carbons (Fsp3) is 0.550. The summed E-state index contributed by atoms with van der Waals surface area (Å²) in [6.45, 7) is 10.7. The summed E-state index contributed by atoms with van der Waals surface area (Å²) in [5.41, 5.74) is -1.06. The third-order valence-corrected chi connectivity index (χ3v) is 5.11. The van der Waals surface area contributed by atoms with Crippen LogP contribution in [-0.4, -0.2) is 34.1 Å². The standard InChI is InChI=1S/C20H28BrNO5/c1-19(2,3)13(14(17(24)25)20(4,5)6)15(18(26)27)22-16(23)11-7-9-12(21)10-8-11/h7-10,13-15H,1-6H3,(H,22,23)(H,24,25)(H,26,27). The lowest BCUT2D eigenvalue weighted by molar-refractivity contribution is -0.155. The lowest BCUT2D eigenvalue weighted by Gasteiger charge is -2.44. The number of aliphatic carboxylic acids is 2. The Morgan fingerprint density at radius 3 is 1.70 bits per heavy atom. The first-order valence-electron chi connectivity index (χ1n) is 8.68. The minimum Gasteiger partial charge on any atom is -0.481 e. The Morgan fingerprint density at radius 1 is 0.889 bits per heavy atom. The lowest BCUT2D eigenvalue weighted by atomic mass is 9.61. The smallest absolute Gasteiger partial charge is 0.326 e. The number of hydrogen-bond donors (Lipinski definition) is 3. The highest BCUT2D eigenvalue weighted by Gasteiger charge is 2.49. The van der Waals surface area contributed by atoms with Crippen LogP contribution >= 0.6 is 15.9 Å². The number of carboxylic acid groups (broad SMARTS) is 2. The summed E-state index contributed by atoms with van der Waals surface area (Å²) >= 11 is 3.28. The van der Waals surface area contributed by atoms with Crippen molar-refractivity contribution in [3.05, 3.63) is 34.3 Å². The van der Waals surface area contributed by atoms with E-state index in [0.717, 1.165) is 4.47 Å². The summed E-state index contributed by atoms with van der Waals surface area (Å²) in [4.78, 5) is 36.7. The maximum atomic E-state index is 12.6. The van der Waals surface area contributed by atoms with Crippen LogP contribution < -0.4 is 5.32 Å². The Morgan fingerprint density at radius 2 is 1.37 bits per heavy atom. The second-order valence-corrected chi connectivity index (χ2v) is 9.79. The first-order chi connectivity index (χ1) is 12.2. The molecule has 1 rings (SSSR count). The quantitative estimate of drug-likeness (QED) is 0.617. The molecule has 1 aromatic rings. The summed E-state index contributed by atoms with van der Waals surface area (Å²) in [5, 5.41) is 22.2. The number of carboxylic acids is 2. The third kappa shape index (κ3) is 6.06. The first kappa shape index (κ1) is 23.1. The van der Waals surface area contributed by atoms with Crippen LogP contribution in [0.1, 0.15) is 51.9 Å². The highest BCUT2D eigenvalue weighted by atomic mass is 79.9. The van der Waals surface area contributed by atoms with E-state index in [0.29, 0.717) is 5.56 Å². The van der Waals surface area contributed by atoms with Gasteiger partial charge in [-0.25, -0.2) is 4.79 Å². The fourth-order valence-corrected chi connectivity index (χ4v) is 3.65. The predicted octanol–water partition coefficient (Wildman–Crippen LogP) is 4.04. The van der Waals surface area contributed by atoms with Crippen molar-refractivity contribution >= 4 is 33.8 Å². The Balaban J connectivity index is 3.36. The van der Waals surface area contributed by atoms with Crippen LogP contribution in [0.3, 0.4) is 0 Å². The van der Waals surface area contributed by atoms with Gasteiger partial charge in [0.2, 0.25) is 0 Å². The zero-order valence-electron chi connectivity index (χ0n) is 16.5. The van der Waals surface area contributed by atoms with Crippen LogP contribution in [0, 0.1) is 22.7 Å². The molecule has 0 saturated carbocycles. The molecule has 3 atom stereocenters. The first-order valence-corrected chi connectivity index (χ1v) is 9.47. The molecular weight excluding hydrogens is 414 g/mol. The van der Waals surface area contributed by atoms with Crippen molar-refractivity contribution in [2.45, 2.75) is 47.6 Å². The minimum atomic E-state index is -1.35. The number of carbonyl (C=O) groups is 3. The van der Waals surface area contributed by atoms with Gasteiger partial charge in [0, 0.05) is 16.0 Å². The van der Waals surface area contributed by atoms with Gasteiger partial charge in [0.25, 0.3) is 5.91 Å². The van der Waals surface area contributed by atoms with E-state index in [1.807, 2.05) is 0 Å². The molecule has 0 fully saturated rings. The molecule has 3 unspecified atom stereocenters. The molecule has 0 saturated heterocycles. The summed E-state index contributed by atoms with van der Waals surface area (Å²) < 4.78 is 0.792. The average molecular weight is 442 g/mol. The molecule has 0 bridgehead atoms. The van der Waals surface area contributed by atoms with Gasteiger partial charge < -0.3 is 15.5 Å². The van der Waals surface area contributed by atoms with E-state index in [-0.39, 0.29) is 0 Å². The molecule has 7 heteroatoms. The number of halogens is 1. The zero-order valence-corrected chi connectivity index (χ0v) is 18.1. The van der Waals surface area contributed by atoms with Crippen molar-refractivity contribution < 1.29 is 24.6 Å². The van der Waals surface area contributed by atoms with Crippen LogP contribution in [0.5, 0.6) is 0 Å². The van der Waals surface area contributed by atoms with Crippen molar-refractivity contribution in [3.63, 3.8) is 0 Å². The second-order valence-electron chi connectivity index (χ2n) is 8.87. The molecule has 3 N–H and O–H groups in total. The molecule has 150 valence electrons. The van der Waals surface area contributed by atoms with Gasteiger partial charge >= 0.3 is 11.9 Å². The third-order valence-electron chi connectivity index (χ3n) is 4.58. The number of amides is 1. The van der Waals surface area contributed by atoms with Crippen LogP contribution in [0.2, 0.25) is 0 Å². The summed E-state index contributed by atoms with van der Waals surface area (Å²) in [5.74, 6) is -4.68. The molecule has 6 nitrogen and oxygen atoms in total. The highest BCUT2D eigenvalue weighted by Crippen LogP contribution is 2.43. The van der Waals surface area contributed by atoms with E-state index in [9.17, 15) is 24.6 Å². The van der Waals surface area contributed by atoms with E-state index in [1.54, 1.807) is 65.8 Å². The van der Waals surface area contributed by atoms with Gasteiger partial charge in [0.1, 0.15) is 6.04 Å². The van der Waals surface area contributed by atoms with Crippen molar-refractivity contribution in [2.75, 3.05) is 0 Å². The monoisotopic (exact) mass is 441 g/mol. The average Bonchev–Trinajstić information content (AvgIpc) is 2.48. The van der Waals surface area contributed by atoms with Crippen LogP contribution in [0.4, 0.5) is 0 Å². The normalized spacial score (nSPS) is 15.5. The van der Waals surface area contributed by atoms with Crippen molar-refractivity contribution in [3.8, 4) is 0 Å². The lowest BCUT2D eigenvalue weighted by Crippen LogP contribution is -2.56. The summed E-state index contributed by atoms with van der Waals surface area (Å²) in [7, 11) is 0. The Hall–Kier alpha value is -1.89. The van der Waals surface area contributed by atoms with Crippen molar-refractivity contribution in [1.82, 2.24) is 5.32 Å². The van der Waals surface area contributed by atoms with E-state index < -0.39 is 46.6 Å². The van der Waals surface area contributed by atoms with Gasteiger partial charge in [-0.3, -0.25) is 9.59 Å². The van der Waals surface area contributed by atoms with Crippen molar-refractivity contribution in [2.24, 2.45) is 22.7 Å². The van der Waals surface area contributed by atoms with Crippen LogP contribution in [0.15, 0.2) is 28.7 Å². The van der Waals surface area contributed by atoms with E-state index >= 15 is 0 Å². The summed E-state index contributed by atoms with van der Waals surface area (Å²) in [6, 6.07) is 5.16. The Kier molecular flexibility index (Phi) is 7.22. The van der Waals surface area contributed by atoms with E-state index in [2.05, 4.69) is 21.2 Å². The minimum absolute atomic E-state index is 0.305. The van der Waals surface area contributed by atoms with Crippen LogP contribution in [-0.2, 0) is 9.59 Å². The highest BCUT2D eigenvalue weighted by molar-refractivity contribution is 9.10. The number of hydrogen-bond acceptors (Lipinski definition) is 3. The van der Waals surface area contributed by atoms with Crippen molar-refractivity contribution in [1.29, 1.82) is 0 Å². The maximum Gasteiger partial charge on any atom is 0.326 e. The predicted molar refractivity (Wildman–Crippen MR) is 107 cm³/mol. The molecule has 0 aliphatic heterocycles. The SMILES string of the molecule is CC(C)(C)C(C(=O)O)C(C(NC(=O)c1ccc(Br)cc1)C(=O)O)C(C)(C)C. The number of benzene rings is 1. The van der Waals surface area contributed by atoms with Gasteiger partial charge in [-0.2, -0.15) is 0 Å². The molecule has 0 aromatic heterocycles. The second kappa shape index (κ2) is 8.42. The Bertz CT molecular complexity index is 701. The van der Waals surface area contributed by atoms with Gasteiger partial charge in [0.05, 0.1) is 5.92 Å². The fourth-order valence-electron chi connectivity index (χ4n) is 3.39. The topological polar surface area (TPSA) is 104 Å². The molecule has 1 aromatic carbocycles. The molecule has 0 spiro atoms. The number of rotatable bonds is 6. The molecule has 0 aliphatic carbocycles.